The summed E-state index contributed by atoms with van der Waals surface area (Å²) in [6.45, 7) is 8.33. The number of rotatable bonds is 1. The summed E-state index contributed by atoms with van der Waals surface area (Å²) in [5.41, 5.74) is 3.19. The van der Waals surface area contributed by atoms with Gasteiger partial charge in [0.2, 0.25) is 0 Å². The van der Waals surface area contributed by atoms with Crippen LogP contribution in [0.25, 0.3) is 0 Å². The van der Waals surface area contributed by atoms with E-state index in [2.05, 4.69) is 48.3 Å². The average molecular weight is 272 g/mol. The molecule has 1 aliphatic heterocycles. The van der Waals surface area contributed by atoms with Crippen molar-refractivity contribution in [1.82, 2.24) is 10.2 Å². The monoisotopic (exact) mass is 272 g/mol. The van der Waals surface area contributed by atoms with Crippen LogP contribution in [0.5, 0.6) is 0 Å². The van der Waals surface area contributed by atoms with Crippen molar-refractivity contribution in [2.24, 2.45) is 5.92 Å². The van der Waals surface area contributed by atoms with Gasteiger partial charge in [-0.2, -0.15) is 0 Å². The maximum Gasteiger partial charge on any atom is 0.0351 e. The third-order valence-electron chi connectivity index (χ3n) is 4.99. The second kappa shape index (κ2) is 6.28. The molecular formula is C18H28N2. The lowest BCUT2D eigenvalue weighted by molar-refractivity contribution is 0.134. The van der Waals surface area contributed by atoms with E-state index < -0.39 is 0 Å². The summed E-state index contributed by atoms with van der Waals surface area (Å²) in [7, 11) is 0. The van der Waals surface area contributed by atoms with E-state index in [1.807, 2.05) is 0 Å². The van der Waals surface area contributed by atoms with Gasteiger partial charge in [-0.25, -0.2) is 0 Å². The molecule has 1 heterocycles. The van der Waals surface area contributed by atoms with Gasteiger partial charge in [0.25, 0.3) is 0 Å². The van der Waals surface area contributed by atoms with E-state index in [0.717, 1.165) is 12.5 Å². The molecule has 0 aromatic heterocycles. The van der Waals surface area contributed by atoms with Gasteiger partial charge in [-0.1, -0.05) is 31.2 Å². The summed E-state index contributed by atoms with van der Waals surface area (Å²) in [6.07, 6.45) is 5.23. The quantitative estimate of drug-likeness (QED) is 0.843. The Labute approximate surface area is 123 Å². The van der Waals surface area contributed by atoms with Gasteiger partial charge in [0.1, 0.15) is 0 Å². The summed E-state index contributed by atoms with van der Waals surface area (Å²) in [5.74, 6) is 0.742. The van der Waals surface area contributed by atoms with Gasteiger partial charge in [-0.05, 0) is 56.2 Å². The van der Waals surface area contributed by atoms with Crippen molar-refractivity contribution in [3.63, 3.8) is 0 Å². The van der Waals surface area contributed by atoms with Crippen molar-refractivity contribution >= 4 is 0 Å². The first-order valence-electron chi connectivity index (χ1n) is 8.29. The van der Waals surface area contributed by atoms with Gasteiger partial charge in [-0.15, -0.1) is 0 Å². The molecule has 2 aliphatic rings. The molecule has 2 heteroatoms. The first-order chi connectivity index (χ1) is 9.74. The van der Waals surface area contributed by atoms with E-state index in [1.165, 1.54) is 38.8 Å². The van der Waals surface area contributed by atoms with Gasteiger partial charge in [0.15, 0.2) is 0 Å². The molecule has 3 atom stereocenters. The van der Waals surface area contributed by atoms with Crippen LogP contribution in [0.4, 0.5) is 0 Å². The Morgan fingerprint density at radius 1 is 1.15 bits per heavy atom. The number of nitrogens with one attached hydrogen (secondary N) is 1. The smallest absolute Gasteiger partial charge is 0.0351 e. The molecule has 0 saturated carbocycles. The van der Waals surface area contributed by atoms with Crippen LogP contribution in [-0.4, -0.2) is 30.6 Å². The van der Waals surface area contributed by atoms with E-state index in [4.69, 9.17) is 0 Å². The topological polar surface area (TPSA) is 15.3 Å². The lowest BCUT2D eigenvalue weighted by Crippen LogP contribution is -2.44. The molecule has 110 valence electrons. The molecule has 0 bridgehead atoms. The summed E-state index contributed by atoms with van der Waals surface area (Å²) in [6, 6.07) is 10.4. The highest BCUT2D eigenvalue weighted by Crippen LogP contribution is 2.35. The van der Waals surface area contributed by atoms with Crippen LogP contribution in [0.15, 0.2) is 24.3 Å². The SMILES string of the molecule is CC1CNC(C)CCN(C2CCCc3ccccc32)C1. The fourth-order valence-electron chi connectivity index (χ4n) is 3.81. The standard InChI is InChI=1S/C18H28N2/c1-14-12-19-15(2)10-11-20(13-14)18-9-5-7-16-6-3-4-8-17(16)18/h3-4,6,8,14-15,18-19H,5,7,9-13H2,1-2H3. The highest BCUT2D eigenvalue weighted by atomic mass is 15.2. The molecule has 1 aromatic rings. The lowest BCUT2D eigenvalue weighted by atomic mass is 9.86. The van der Waals surface area contributed by atoms with E-state index in [1.54, 1.807) is 11.1 Å². The molecule has 3 rings (SSSR count). The van der Waals surface area contributed by atoms with Crippen LogP contribution in [0, 0.1) is 5.92 Å². The summed E-state index contributed by atoms with van der Waals surface area (Å²) in [4.78, 5) is 2.76. The third-order valence-corrected chi connectivity index (χ3v) is 4.99. The Bertz CT molecular complexity index is 443. The Morgan fingerprint density at radius 3 is 2.90 bits per heavy atom. The van der Waals surface area contributed by atoms with Gasteiger partial charge in [-0.3, -0.25) is 4.90 Å². The molecular weight excluding hydrogens is 244 g/mol. The zero-order chi connectivity index (χ0) is 13.9. The summed E-state index contributed by atoms with van der Waals surface area (Å²) in [5, 5.41) is 3.65. The molecule has 1 aliphatic carbocycles. The predicted octanol–water partition coefficient (Wildman–Crippen LogP) is 3.38. The molecule has 2 nitrogen and oxygen atoms in total. The highest BCUT2D eigenvalue weighted by Gasteiger charge is 2.27. The zero-order valence-electron chi connectivity index (χ0n) is 12.9. The largest absolute Gasteiger partial charge is 0.314 e. The Kier molecular flexibility index (Phi) is 4.42. The number of nitrogens with zero attached hydrogens (tertiary/aromatic N) is 1. The Balaban J connectivity index is 1.80. The van der Waals surface area contributed by atoms with Crippen LogP contribution in [-0.2, 0) is 6.42 Å². The van der Waals surface area contributed by atoms with Crippen molar-refractivity contribution in [2.45, 2.75) is 51.6 Å². The van der Waals surface area contributed by atoms with Crippen molar-refractivity contribution in [2.75, 3.05) is 19.6 Å². The first kappa shape index (κ1) is 14.1. The van der Waals surface area contributed by atoms with Crippen LogP contribution in [0.2, 0.25) is 0 Å². The second-order valence-corrected chi connectivity index (χ2v) is 6.80. The van der Waals surface area contributed by atoms with Gasteiger partial charge >= 0.3 is 0 Å². The first-order valence-corrected chi connectivity index (χ1v) is 8.29. The van der Waals surface area contributed by atoms with Crippen molar-refractivity contribution < 1.29 is 0 Å². The average Bonchev–Trinajstić information content (AvgIpc) is 2.47. The molecule has 1 saturated heterocycles. The molecule has 20 heavy (non-hydrogen) atoms. The number of hydrogen-bond donors (Lipinski definition) is 1. The molecule has 3 unspecified atom stereocenters. The summed E-state index contributed by atoms with van der Waals surface area (Å²) >= 11 is 0. The Hall–Kier alpha value is -0.860. The van der Waals surface area contributed by atoms with Crippen molar-refractivity contribution in [3.8, 4) is 0 Å². The maximum atomic E-state index is 3.65. The van der Waals surface area contributed by atoms with Gasteiger partial charge in [0, 0.05) is 25.2 Å². The maximum absolute atomic E-state index is 3.65. The lowest BCUT2D eigenvalue weighted by Gasteiger charge is -2.39. The zero-order valence-corrected chi connectivity index (χ0v) is 12.9. The molecule has 1 fully saturated rings. The summed E-state index contributed by atoms with van der Waals surface area (Å²) < 4.78 is 0. The number of hydrogen-bond acceptors (Lipinski definition) is 2. The molecule has 0 radical (unpaired) electrons. The van der Waals surface area contributed by atoms with E-state index >= 15 is 0 Å². The highest BCUT2D eigenvalue weighted by molar-refractivity contribution is 5.32. The van der Waals surface area contributed by atoms with Crippen molar-refractivity contribution in [1.29, 1.82) is 0 Å². The van der Waals surface area contributed by atoms with Gasteiger partial charge < -0.3 is 5.32 Å². The second-order valence-electron chi connectivity index (χ2n) is 6.80. The predicted molar refractivity (Wildman–Crippen MR) is 84.9 cm³/mol. The fraction of sp³-hybridized carbons (Fsp3) is 0.667. The minimum absolute atomic E-state index is 0.652. The number of benzene rings is 1. The minimum atomic E-state index is 0.652. The minimum Gasteiger partial charge on any atom is -0.314 e. The van der Waals surface area contributed by atoms with Crippen LogP contribution >= 0.6 is 0 Å². The Morgan fingerprint density at radius 2 is 2.00 bits per heavy atom. The molecule has 0 spiro atoms. The van der Waals surface area contributed by atoms with Crippen molar-refractivity contribution in [3.05, 3.63) is 35.4 Å². The fourth-order valence-corrected chi connectivity index (χ4v) is 3.81. The normalized spacial score (nSPS) is 32.2. The third kappa shape index (κ3) is 3.07. The molecule has 1 aromatic carbocycles. The number of fused-ring (bicyclic) bond motifs is 1. The molecule has 1 N–H and O–H groups in total. The number of aryl methyl sites for hydroxylation is 1. The van der Waals surface area contributed by atoms with Crippen LogP contribution in [0.1, 0.15) is 50.3 Å². The molecule has 0 amide bonds. The van der Waals surface area contributed by atoms with E-state index in [-0.39, 0.29) is 0 Å². The van der Waals surface area contributed by atoms with E-state index in [0.29, 0.717) is 12.1 Å². The van der Waals surface area contributed by atoms with E-state index in [9.17, 15) is 0 Å². The van der Waals surface area contributed by atoms with Gasteiger partial charge in [0.05, 0.1) is 0 Å². The van der Waals surface area contributed by atoms with Crippen LogP contribution < -0.4 is 5.32 Å². The van der Waals surface area contributed by atoms with Crippen LogP contribution in [0.3, 0.4) is 0 Å².